The summed E-state index contributed by atoms with van der Waals surface area (Å²) in [6, 6.07) is 21.7. The van der Waals surface area contributed by atoms with Gasteiger partial charge in [0, 0.05) is 5.02 Å². The molecule has 0 fully saturated rings. The smallest absolute Gasteiger partial charge is 0.206 e. The summed E-state index contributed by atoms with van der Waals surface area (Å²) in [6.45, 7) is 0. The molecule has 120 valence electrons. The molecule has 0 unspecified atom stereocenters. The number of halogens is 1. The van der Waals surface area contributed by atoms with Gasteiger partial charge in [-0.2, -0.15) is 10.2 Å². The third-order valence-electron chi connectivity index (χ3n) is 3.29. The van der Waals surface area contributed by atoms with E-state index >= 15 is 0 Å². The molecule has 0 aliphatic carbocycles. The first-order chi connectivity index (χ1) is 11.6. The number of sulfone groups is 1. The van der Waals surface area contributed by atoms with Gasteiger partial charge >= 0.3 is 0 Å². The second-order valence-corrected chi connectivity index (χ2v) is 7.38. The molecule has 6 heteroatoms. The Morgan fingerprint density at radius 2 is 1.29 bits per heavy atom. The van der Waals surface area contributed by atoms with Crippen LogP contribution in [0.2, 0.25) is 5.02 Å². The van der Waals surface area contributed by atoms with Crippen LogP contribution in [0.15, 0.2) is 98.9 Å². The predicted octanol–water partition coefficient (Wildman–Crippen LogP) is 5.59. The number of benzene rings is 3. The average Bonchev–Trinajstić information content (AvgIpc) is 2.61. The molecular formula is C18H13ClN2O2S. The minimum absolute atomic E-state index is 0.161. The molecule has 0 atom stereocenters. The fraction of sp³-hybridized carbons (Fsp3) is 0. The highest BCUT2D eigenvalue weighted by Gasteiger charge is 2.17. The first kappa shape index (κ1) is 16.4. The van der Waals surface area contributed by atoms with Crippen LogP contribution in [0.1, 0.15) is 0 Å². The molecule has 0 bridgehead atoms. The predicted molar refractivity (Wildman–Crippen MR) is 94.0 cm³/mol. The Bertz CT molecular complexity index is 969. The normalized spacial score (nSPS) is 11.7. The minimum atomic E-state index is -3.62. The van der Waals surface area contributed by atoms with Gasteiger partial charge in [-0.1, -0.05) is 35.9 Å². The summed E-state index contributed by atoms with van der Waals surface area (Å²) in [7, 11) is -3.62. The van der Waals surface area contributed by atoms with Crippen molar-refractivity contribution in [1.82, 2.24) is 0 Å². The van der Waals surface area contributed by atoms with Gasteiger partial charge in [-0.15, -0.1) is 0 Å². The van der Waals surface area contributed by atoms with E-state index in [4.69, 9.17) is 11.6 Å². The van der Waals surface area contributed by atoms with Crippen molar-refractivity contribution in [3.8, 4) is 0 Å². The van der Waals surface area contributed by atoms with Gasteiger partial charge in [-0.3, -0.25) is 0 Å². The highest BCUT2D eigenvalue weighted by atomic mass is 35.5. The molecule has 0 heterocycles. The topological polar surface area (TPSA) is 58.9 Å². The first-order valence-corrected chi connectivity index (χ1v) is 8.99. The Hall–Kier alpha value is -2.50. The van der Waals surface area contributed by atoms with Crippen molar-refractivity contribution in [1.29, 1.82) is 0 Å². The van der Waals surface area contributed by atoms with E-state index in [0.29, 0.717) is 16.4 Å². The standard InChI is InChI=1S/C18H13ClN2O2S/c19-14-9-11-17(12-10-14)24(22,23)18-8-4-7-16(13-18)21-20-15-5-2-1-3-6-15/h1-13H. The summed E-state index contributed by atoms with van der Waals surface area (Å²) in [4.78, 5) is 0.346. The zero-order valence-electron chi connectivity index (χ0n) is 12.5. The lowest BCUT2D eigenvalue weighted by Crippen LogP contribution is -2.01. The van der Waals surface area contributed by atoms with Crippen LogP contribution in [-0.2, 0) is 9.84 Å². The molecule has 0 aromatic heterocycles. The lowest BCUT2D eigenvalue weighted by atomic mass is 10.3. The maximum atomic E-state index is 12.7. The van der Waals surface area contributed by atoms with Crippen molar-refractivity contribution >= 4 is 32.8 Å². The number of hydrogen-bond donors (Lipinski definition) is 0. The number of hydrogen-bond acceptors (Lipinski definition) is 4. The molecule has 0 radical (unpaired) electrons. The van der Waals surface area contributed by atoms with Crippen molar-refractivity contribution in [3.63, 3.8) is 0 Å². The van der Waals surface area contributed by atoms with Gasteiger partial charge in [0.2, 0.25) is 9.84 Å². The highest BCUT2D eigenvalue weighted by Crippen LogP contribution is 2.26. The highest BCUT2D eigenvalue weighted by molar-refractivity contribution is 7.91. The quantitative estimate of drug-likeness (QED) is 0.572. The lowest BCUT2D eigenvalue weighted by Gasteiger charge is -2.05. The lowest BCUT2D eigenvalue weighted by molar-refractivity contribution is 0.596. The summed E-state index contributed by atoms with van der Waals surface area (Å²) in [5.74, 6) is 0. The fourth-order valence-corrected chi connectivity index (χ4v) is 3.50. The summed E-state index contributed by atoms with van der Waals surface area (Å²) >= 11 is 5.81. The van der Waals surface area contributed by atoms with Crippen molar-refractivity contribution < 1.29 is 8.42 Å². The van der Waals surface area contributed by atoms with Gasteiger partial charge < -0.3 is 0 Å². The molecule has 24 heavy (non-hydrogen) atoms. The van der Waals surface area contributed by atoms with E-state index < -0.39 is 9.84 Å². The average molecular weight is 357 g/mol. The minimum Gasteiger partial charge on any atom is -0.219 e. The van der Waals surface area contributed by atoms with Crippen LogP contribution in [-0.4, -0.2) is 8.42 Å². The Morgan fingerprint density at radius 3 is 2.00 bits per heavy atom. The number of rotatable bonds is 4. The van der Waals surface area contributed by atoms with Crippen LogP contribution >= 0.6 is 11.6 Å². The molecule has 0 aliphatic rings. The van der Waals surface area contributed by atoms with E-state index in [1.165, 1.54) is 24.3 Å². The summed E-state index contributed by atoms with van der Waals surface area (Å²) in [5.41, 5.74) is 1.16. The van der Waals surface area contributed by atoms with Gasteiger partial charge in [0.1, 0.15) is 0 Å². The second kappa shape index (κ2) is 6.95. The molecule has 3 aromatic carbocycles. The van der Waals surface area contributed by atoms with Crippen LogP contribution in [0.25, 0.3) is 0 Å². The molecular weight excluding hydrogens is 344 g/mol. The molecule has 0 saturated heterocycles. The summed E-state index contributed by atoms with van der Waals surface area (Å²) < 4.78 is 25.3. The maximum absolute atomic E-state index is 12.7. The summed E-state index contributed by atoms with van der Waals surface area (Å²) in [5, 5.41) is 8.68. The first-order valence-electron chi connectivity index (χ1n) is 7.13. The molecule has 0 aliphatic heterocycles. The molecule has 4 nitrogen and oxygen atoms in total. The SMILES string of the molecule is O=S(=O)(c1ccc(Cl)cc1)c1cccc(N=Nc2ccccc2)c1. The Balaban J connectivity index is 1.93. The van der Waals surface area contributed by atoms with Crippen molar-refractivity contribution in [2.24, 2.45) is 10.2 Å². The summed E-state index contributed by atoms with van der Waals surface area (Å²) in [6.07, 6.45) is 0. The van der Waals surface area contributed by atoms with Crippen molar-refractivity contribution in [2.45, 2.75) is 9.79 Å². The monoisotopic (exact) mass is 356 g/mol. The zero-order valence-corrected chi connectivity index (χ0v) is 14.1. The van der Waals surface area contributed by atoms with Crippen LogP contribution in [0.3, 0.4) is 0 Å². The van der Waals surface area contributed by atoms with Gasteiger partial charge in [0.25, 0.3) is 0 Å². The van der Waals surface area contributed by atoms with E-state index in [-0.39, 0.29) is 9.79 Å². The van der Waals surface area contributed by atoms with Crippen molar-refractivity contribution in [3.05, 3.63) is 83.9 Å². The van der Waals surface area contributed by atoms with E-state index in [9.17, 15) is 8.42 Å². The maximum Gasteiger partial charge on any atom is 0.206 e. The van der Waals surface area contributed by atoms with Gasteiger partial charge in [-0.05, 0) is 54.6 Å². The van der Waals surface area contributed by atoms with Crippen LogP contribution in [0, 0.1) is 0 Å². The van der Waals surface area contributed by atoms with E-state index in [1.807, 2.05) is 30.3 Å². The second-order valence-electron chi connectivity index (χ2n) is 4.99. The van der Waals surface area contributed by atoms with Crippen LogP contribution in [0.5, 0.6) is 0 Å². The molecule has 0 N–H and O–H groups in total. The molecule has 0 saturated carbocycles. The van der Waals surface area contributed by atoms with Gasteiger partial charge in [0.05, 0.1) is 21.2 Å². The fourth-order valence-electron chi connectivity index (χ4n) is 2.07. The van der Waals surface area contributed by atoms with Gasteiger partial charge in [-0.25, -0.2) is 8.42 Å². The Labute approximate surface area is 145 Å². The van der Waals surface area contributed by atoms with Crippen LogP contribution < -0.4 is 0 Å². The van der Waals surface area contributed by atoms with E-state index in [2.05, 4.69) is 10.2 Å². The third kappa shape index (κ3) is 3.69. The Kier molecular flexibility index (Phi) is 4.74. The van der Waals surface area contributed by atoms with E-state index in [1.54, 1.807) is 24.3 Å². The zero-order chi connectivity index (χ0) is 17.0. The Morgan fingerprint density at radius 1 is 0.667 bits per heavy atom. The number of azo groups is 1. The van der Waals surface area contributed by atoms with Crippen LogP contribution in [0.4, 0.5) is 11.4 Å². The van der Waals surface area contributed by atoms with E-state index in [0.717, 1.165) is 0 Å². The molecule has 3 rings (SSSR count). The molecule has 3 aromatic rings. The third-order valence-corrected chi connectivity index (χ3v) is 5.31. The van der Waals surface area contributed by atoms with Gasteiger partial charge in [0.15, 0.2) is 0 Å². The van der Waals surface area contributed by atoms with Crippen molar-refractivity contribution in [2.75, 3.05) is 0 Å². The molecule has 0 spiro atoms. The largest absolute Gasteiger partial charge is 0.219 e. The molecule has 0 amide bonds. The number of nitrogens with zero attached hydrogens (tertiary/aromatic N) is 2.